The third kappa shape index (κ3) is 4.49. The molecule has 0 radical (unpaired) electrons. The number of hydrogen-bond acceptors (Lipinski definition) is 5. The van der Waals surface area contributed by atoms with E-state index in [4.69, 9.17) is 15.1 Å². The first-order valence-corrected chi connectivity index (χ1v) is 6.47. The van der Waals surface area contributed by atoms with Crippen LogP contribution in [-0.2, 0) is 9.53 Å². The van der Waals surface area contributed by atoms with E-state index >= 15 is 0 Å². The van der Waals surface area contributed by atoms with Crippen LogP contribution < -0.4 is 5.32 Å². The van der Waals surface area contributed by atoms with Crippen molar-refractivity contribution in [2.45, 2.75) is 26.3 Å². The molecule has 1 unspecified atom stereocenters. The van der Waals surface area contributed by atoms with Crippen molar-refractivity contribution in [1.29, 1.82) is 5.26 Å². The molecule has 0 aromatic heterocycles. The van der Waals surface area contributed by atoms with Gasteiger partial charge < -0.3 is 15.2 Å². The molecule has 0 aliphatic carbocycles. The molecule has 6 nitrogen and oxygen atoms in total. The van der Waals surface area contributed by atoms with Gasteiger partial charge >= 0.3 is 5.97 Å². The summed E-state index contributed by atoms with van der Waals surface area (Å²) in [6.07, 6.45) is 0. The van der Waals surface area contributed by atoms with Crippen LogP contribution in [0.4, 0.5) is 0 Å². The number of nitrogens with zero attached hydrogens (tertiary/aromatic N) is 1. The fourth-order valence-electron chi connectivity index (χ4n) is 1.44. The average molecular weight is 290 g/mol. The highest BCUT2D eigenvalue weighted by Crippen LogP contribution is 2.15. The fraction of sp³-hybridized carbons (Fsp3) is 0.400. The monoisotopic (exact) mass is 290 g/mol. The molecule has 0 fully saturated rings. The minimum absolute atomic E-state index is 0.0333. The lowest BCUT2D eigenvalue weighted by molar-refractivity contribution is -0.125. The van der Waals surface area contributed by atoms with E-state index in [1.807, 2.05) is 19.9 Å². The van der Waals surface area contributed by atoms with E-state index in [1.165, 1.54) is 24.3 Å². The zero-order chi connectivity index (χ0) is 16.0. The number of carbonyl (C=O) groups is 2. The molecule has 2 N–H and O–H groups in total. The van der Waals surface area contributed by atoms with Crippen molar-refractivity contribution in [3.63, 3.8) is 0 Å². The minimum atomic E-state index is -1.01. The van der Waals surface area contributed by atoms with E-state index in [0.29, 0.717) is 0 Å². The molecule has 1 atom stereocenters. The molecule has 0 heterocycles. The number of benzene rings is 1. The van der Waals surface area contributed by atoms with Crippen LogP contribution in [0.25, 0.3) is 0 Å². The van der Waals surface area contributed by atoms with Crippen LogP contribution >= 0.6 is 0 Å². The molecule has 0 spiro atoms. The molecule has 1 aromatic carbocycles. The molecule has 1 amide bonds. The number of aromatic hydroxyl groups is 1. The zero-order valence-corrected chi connectivity index (χ0v) is 12.2. The number of nitrogens with one attached hydrogen (secondary N) is 1. The highest BCUT2D eigenvalue weighted by Gasteiger charge is 2.30. The van der Waals surface area contributed by atoms with Gasteiger partial charge in [-0.3, -0.25) is 4.79 Å². The smallest absolute Gasteiger partial charge is 0.338 e. The normalized spacial score (nSPS) is 13.1. The molecule has 21 heavy (non-hydrogen) atoms. The van der Waals surface area contributed by atoms with E-state index in [9.17, 15) is 9.59 Å². The number of esters is 1. The number of ether oxygens (including phenoxy) is 1. The second-order valence-electron chi connectivity index (χ2n) is 5.14. The number of phenols is 1. The number of rotatable bonds is 5. The van der Waals surface area contributed by atoms with Crippen LogP contribution in [-0.4, -0.2) is 29.1 Å². The van der Waals surface area contributed by atoms with Crippen molar-refractivity contribution < 1.29 is 19.4 Å². The lowest BCUT2D eigenvalue weighted by atomic mass is 9.90. The summed E-state index contributed by atoms with van der Waals surface area (Å²) < 4.78 is 4.86. The molecule has 0 aliphatic rings. The molecule has 0 bridgehead atoms. The summed E-state index contributed by atoms with van der Waals surface area (Å²) in [4.78, 5) is 23.4. The third-order valence-corrected chi connectivity index (χ3v) is 3.22. The predicted octanol–water partition coefficient (Wildman–Crippen LogP) is 1.60. The van der Waals surface area contributed by atoms with Gasteiger partial charge in [-0.05, 0) is 37.1 Å². The summed E-state index contributed by atoms with van der Waals surface area (Å²) >= 11 is 0. The standard InChI is InChI=1S/C15H18N2O4/c1-10(2)15(3,9-16)17-13(19)8-21-14(20)11-4-6-12(18)7-5-11/h4-7,10,18H,8H2,1-3H3,(H,17,19). The Labute approximate surface area is 123 Å². The zero-order valence-electron chi connectivity index (χ0n) is 12.2. The Hall–Kier alpha value is -2.55. The van der Waals surface area contributed by atoms with Crippen molar-refractivity contribution in [2.75, 3.05) is 6.61 Å². The maximum atomic E-state index is 11.7. The van der Waals surface area contributed by atoms with E-state index in [0.717, 1.165) is 0 Å². The minimum Gasteiger partial charge on any atom is -0.508 e. The summed E-state index contributed by atoms with van der Waals surface area (Å²) in [6.45, 7) is 4.76. The first-order chi connectivity index (χ1) is 9.78. The third-order valence-electron chi connectivity index (χ3n) is 3.22. The lowest BCUT2D eigenvalue weighted by Crippen LogP contribution is -2.50. The van der Waals surface area contributed by atoms with Gasteiger partial charge in [-0.1, -0.05) is 13.8 Å². The Kier molecular flexibility index (Phi) is 5.30. The first kappa shape index (κ1) is 16.5. The van der Waals surface area contributed by atoms with Crippen LogP contribution in [0.1, 0.15) is 31.1 Å². The molecular weight excluding hydrogens is 272 g/mol. The van der Waals surface area contributed by atoms with Gasteiger partial charge in [0.05, 0.1) is 11.6 Å². The highest BCUT2D eigenvalue weighted by molar-refractivity contribution is 5.91. The Morgan fingerprint density at radius 1 is 1.38 bits per heavy atom. The van der Waals surface area contributed by atoms with Crippen LogP contribution in [0.2, 0.25) is 0 Å². The molecule has 1 aromatic rings. The lowest BCUT2D eigenvalue weighted by Gasteiger charge is -2.27. The van der Waals surface area contributed by atoms with E-state index in [-0.39, 0.29) is 17.2 Å². The van der Waals surface area contributed by atoms with Crippen molar-refractivity contribution in [3.8, 4) is 11.8 Å². The largest absolute Gasteiger partial charge is 0.508 e. The summed E-state index contributed by atoms with van der Waals surface area (Å²) in [7, 11) is 0. The first-order valence-electron chi connectivity index (χ1n) is 6.47. The van der Waals surface area contributed by atoms with Crippen molar-refractivity contribution in [3.05, 3.63) is 29.8 Å². The van der Waals surface area contributed by atoms with E-state index < -0.39 is 24.0 Å². The molecular formula is C15H18N2O4. The van der Waals surface area contributed by atoms with Crippen LogP contribution in [0, 0.1) is 17.2 Å². The summed E-state index contributed by atoms with van der Waals surface area (Å²) in [5, 5.41) is 20.7. The maximum absolute atomic E-state index is 11.7. The second-order valence-corrected chi connectivity index (χ2v) is 5.14. The van der Waals surface area contributed by atoms with E-state index in [1.54, 1.807) is 6.92 Å². The Morgan fingerprint density at radius 2 is 1.95 bits per heavy atom. The number of hydrogen-bond donors (Lipinski definition) is 2. The van der Waals surface area contributed by atoms with E-state index in [2.05, 4.69) is 5.32 Å². The Morgan fingerprint density at radius 3 is 2.43 bits per heavy atom. The van der Waals surface area contributed by atoms with Gasteiger partial charge in [0, 0.05) is 0 Å². The quantitative estimate of drug-likeness (QED) is 0.802. The molecule has 0 saturated heterocycles. The van der Waals surface area contributed by atoms with Crippen LogP contribution in [0.5, 0.6) is 5.75 Å². The summed E-state index contributed by atoms with van der Waals surface area (Å²) in [5.41, 5.74) is -0.783. The topological polar surface area (TPSA) is 99.4 Å². The second kappa shape index (κ2) is 6.75. The molecule has 112 valence electrons. The van der Waals surface area contributed by atoms with Crippen molar-refractivity contribution in [1.82, 2.24) is 5.32 Å². The van der Waals surface area contributed by atoms with Gasteiger partial charge in [0.1, 0.15) is 11.3 Å². The number of carbonyl (C=O) groups excluding carboxylic acids is 2. The molecule has 1 rings (SSSR count). The summed E-state index contributed by atoms with van der Waals surface area (Å²) in [6, 6.07) is 7.52. The van der Waals surface area contributed by atoms with Crippen molar-refractivity contribution >= 4 is 11.9 Å². The Bertz CT molecular complexity index is 560. The van der Waals surface area contributed by atoms with Gasteiger partial charge in [0.15, 0.2) is 6.61 Å². The number of phenolic OH excluding ortho intramolecular Hbond substituents is 1. The predicted molar refractivity (Wildman–Crippen MR) is 75.4 cm³/mol. The van der Waals surface area contributed by atoms with Gasteiger partial charge in [-0.15, -0.1) is 0 Å². The van der Waals surface area contributed by atoms with Crippen molar-refractivity contribution in [2.24, 2.45) is 5.92 Å². The van der Waals surface area contributed by atoms with Crippen LogP contribution in [0.15, 0.2) is 24.3 Å². The molecule has 6 heteroatoms. The van der Waals surface area contributed by atoms with Gasteiger partial charge in [0.2, 0.25) is 0 Å². The molecule has 0 saturated carbocycles. The number of amides is 1. The fourth-order valence-corrected chi connectivity index (χ4v) is 1.44. The van der Waals surface area contributed by atoms with Gasteiger partial charge in [-0.2, -0.15) is 5.26 Å². The Balaban J connectivity index is 2.55. The summed E-state index contributed by atoms with van der Waals surface area (Å²) in [5.74, 6) is -1.27. The van der Waals surface area contributed by atoms with Gasteiger partial charge in [-0.25, -0.2) is 4.79 Å². The maximum Gasteiger partial charge on any atom is 0.338 e. The van der Waals surface area contributed by atoms with Gasteiger partial charge in [0.25, 0.3) is 5.91 Å². The molecule has 0 aliphatic heterocycles. The number of nitriles is 1. The SMILES string of the molecule is CC(C)C(C)(C#N)NC(=O)COC(=O)c1ccc(O)cc1. The average Bonchev–Trinajstić information content (AvgIpc) is 2.45. The van der Waals surface area contributed by atoms with Crippen LogP contribution in [0.3, 0.4) is 0 Å². The highest BCUT2D eigenvalue weighted by atomic mass is 16.5.